The first kappa shape index (κ1) is 10.4. The van der Waals surface area contributed by atoms with Gasteiger partial charge in [-0.3, -0.25) is 0 Å². The van der Waals surface area contributed by atoms with E-state index in [0.29, 0.717) is 12.0 Å². The predicted octanol–water partition coefficient (Wildman–Crippen LogP) is 2.85. The van der Waals surface area contributed by atoms with Crippen molar-refractivity contribution in [3.05, 3.63) is 24.3 Å². The Bertz CT molecular complexity index is 340. The third-order valence-electron chi connectivity index (χ3n) is 3.16. The number of hydrogen-bond donors (Lipinski definition) is 0. The second kappa shape index (κ2) is 4.17. The zero-order chi connectivity index (χ0) is 10.8. The topological polar surface area (TPSA) is 16.1 Å². The molecule has 1 saturated heterocycles. The number of anilines is 1. The van der Waals surface area contributed by atoms with E-state index in [1.165, 1.54) is 25.1 Å². The molecule has 0 spiro atoms. The standard InChI is InChI=1S/C12H17FN2/c1-9-3-4-10(2)15(8-9)11-5-6-14-12(13)7-11/h5-7,9-10H,3-4,8H2,1-2H3. The van der Waals surface area contributed by atoms with E-state index in [-0.39, 0.29) is 0 Å². The Morgan fingerprint density at radius 1 is 1.40 bits per heavy atom. The van der Waals surface area contributed by atoms with E-state index in [1.807, 2.05) is 6.07 Å². The van der Waals surface area contributed by atoms with E-state index in [0.717, 1.165) is 12.2 Å². The molecule has 0 N–H and O–H groups in total. The van der Waals surface area contributed by atoms with Crippen molar-refractivity contribution in [1.82, 2.24) is 4.98 Å². The molecule has 0 saturated carbocycles. The van der Waals surface area contributed by atoms with Crippen molar-refractivity contribution >= 4 is 5.69 Å². The van der Waals surface area contributed by atoms with E-state index < -0.39 is 5.95 Å². The normalized spacial score (nSPS) is 26.7. The lowest BCUT2D eigenvalue weighted by Gasteiger charge is -2.38. The van der Waals surface area contributed by atoms with Crippen LogP contribution in [0.2, 0.25) is 0 Å². The van der Waals surface area contributed by atoms with Gasteiger partial charge in [-0.1, -0.05) is 6.92 Å². The Hall–Kier alpha value is -1.12. The van der Waals surface area contributed by atoms with Crippen LogP contribution in [0.5, 0.6) is 0 Å². The summed E-state index contributed by atoms with van der Waals surface area (Å²) >= 11 is 0. The first-order chi connectivity index (χ1) is 7.16. The van der Waals surface area contributed by atoms with Crippen LogP contribution < -0.4 is 4.90 Å². The van der Waals surface area contributed by atoms with E-state index in [1.54, 1.807) is 0 Å². The lowest BCUT2D eigenvalue weighted by atomic mass is 9.94. The first-order valence-electron chi connectivity index (χ1n) is 5.55. The van der Waals surface area contributed by atoms with Crippen LogP contribution in [0.1, 0.15) is 26.7 Å². The van der Waals surface area contributed by atoms with Crippen LogP contribution >= 0.6 is 0 Å². The zero-order valence-corrected chi connectivity index (χ0v) is 9.28. The van der Waals surface area contributed by atoms with Crippen molar-refractivity contribution in [2.75, 3.05) is 11.4 Å². The summed E-state index contributed by atoms with van der Waals surface area (Å²) in [6.45, 7) is 5.46. The van der Waals surface area contributed by atoms with Crippen molar-refractivity contribution in [2.45, 2.75) is 32.7 Å². The largest absolute Gasteiger partial charge is 0.368 e. The molecule has 0 aliphatic carbocycles. The van der Waals surface area contributed by atoms with Crippen LogP contribution in [-0.2, 0) is 0 Å². The number of pyridine rings is 1. The first-order valence-corrected chi connectivity index (χ1v) is 5.55. The second-order valence-corrected chi connectivity index (χ2v) is 4.52. The summed E-state index contributed by atoms with van der Waals surface area (Å²) in [6.07, 6.45) is 3.99. The minimum Gasteiger partial charge on any atom is -0.368 e. The average Bonchev–Trinajstić information content (AvgIpc) is 2.22. The van der Waals surface area contributed by atoms with Gasteiger partial charge in [0, 0.05) is 30.5 Å². The van der Waals surface area contributed by atoms with Gasteiger partial charge in [0.25, 0.3) is 0 Å². The van der Waals surface area contributed by atoms with Gasteiger partial charge in [0.1, 0.15) is 0 Å². The van der Waals surface area contributed by atoms with Crippen molar-refractivity contribution in [3.8, 4) is 0 Å². The molecule has 3 heteroatoms. The molecule has 2 atom stereocenters. The van der Waals surface area contributed by atoms with Crippen LogP contribution in [-0.4, -0.2) is 17.6 Å². The van der Waals surface area contributed by atoms with E-state index in [9.17, 15) is 4.39 Å². The monoisotopic (exact) mass is 208 g/mol. The maximum atomic E-state index is 13.0. The molecule has 15 heavy (non-hydrogen) atoms. The molecule has 0 aromatic carbocycles. The number of aromatic nitrogens is 1. The Kier molecular flexibility index (Phi) is 2.89. The average molecular weight is 208 g/mol. The van der Waals surface area contributed by atoms with Crippen LogP contribution in [0.3, 0.4) is 0 Å². The Morgan fingerprint density at radius 2 is 2.20 bits per heavy atom. The maximum absolute atomic E-state index is 13.0. The third-order valence-corrected chi connectivity index (χ3v) is 3.16. The molecule has 1 fully saturated rings. The molecule has 2 nitrogen and oxygen atoms in total. The number of piperidine rings is 1. The lowest BCUT2D eigenvalue weighted by Crippen LogP contribution is -2.41. The van der Waals surface area contributed by atoms with Gasteiger partial charge in [0.2, 0.25) is 5.95 Å². The van der Waals surface area contributed by atoms with Crippen LogP contribution in [0.4, 0.5) is 10.1 Å². The Morgan fingerprint density at radius 3 is 2.93 bits per heavy atom. The molecule has 2 heterocycles. The fourth-order valence-corrected chi connectivity index (χ4v) is 2.22. The Labute approximate surface area is 90.1 Å². The summed E-state index contributed by atoms with van der Waals surface area (Å²) in [7, 11) is 0. The lowest BCUT2D eigenvalue weighted by molar-refractivity contribution is 0.389. The summed E-state index contributed by atoms with van der Waals surface area (Å²) in [6, 6.07) is 3.91. The highest BCUT2D eigenvalue weighted by Gasteiger charge is 2.23. The molecule has 0 amide bonds. The third kappa shape index (κ3) is 2.28. The molecule has 2 unspecified atom stereocenters. The molecule has 82 valence electrons. The summed E-state index contributed by atoms with van der Waals surface area (Å²) in [4.78, 5) is 5.86. The van der Waals surface area contributed by atoms with Crippen molar-refractivity contribution < 1.29 is 4.39 Å². The highest BCUT2D eigenvalue weighted by molar-refractivity contribution is 5.46. The minimum atomic E-state index is -0.391. The smallest absolute Gasteiger partial charge is 0.214 e. The number of rotatable bonds is 1. The maximum Gasteiger partial charge on any atom is 0.214 e. The van der Waals surface area contributed by atoms with Crippen molar-refractivity contribution in [2.24, 2.45) is 5.92 Å². The van der Waals surface area contributed by atoms with Crippen LogP contribution in [0, 0.1) is 11.9 Å². The summed E-state index contributed by atoms with van der Waals surface area (Å²) in [5, 5.41) is 0. The SMILES string of the molecule is CC1CCC(C)N(c2ccnc(F)c2)C1. The highest BCUT2D eigenvalue weighted by Crippen LogP contribution is 2.27. The van der Waals surface area contributed by atoms with Crippen molar-refractivity contribution in [3.63, 3.8) is 0 Å². The summed E-state index contributed by atoms with van der Waals surface area (Å²) < 4.78 is 13.0. The highest BCUT2D eigenvalue weighted by atomic mass is 19.1. The van der Waals surface area contributed by atoms with Gasteiger partial charge in [-0.15, -0.1) is 0 Å². The van der Waals surface area contributed by atoms with Gasteiger partial charge in [-0.25, -0.2) is 4.98 Å². The minimum absolute atomic E-state index is 0.391. The molecular formula is C12H17FN2. The molecule has 1 aliphatic heterocycles. The Balaban J connectivity index is 2.21. The summed E-state index contributed by atoms with van der Waals surface area (Å²) in [5.74, 6) is 0.301. The van der Waals surface area contributed by atoms with E-state index in [2.05, 4.69) is 23.7 Å². The fraction of sp³-hybridized carbons (Fsp3) is 0.583. The number of nitrogens with zero attached hydrogens (tertiary/aromatic N) is 2. The van der Waals surface area contributed by atoms with Gasteiger partial charge < -0.3 is 4.90 Å². The summed E-state index contributed by atoms with van der Waals surface area (Å²) in [5.41, 5.74) is 0.960. The fourth-order valence-electron chi connectivity index (χ4n) is 2.22. The van der Waals surface area contributed by atoms with E-state index in [4.69, 9.17) is 0 Å². The number of halogens is 1. The quantitative estimate of drug-likeness (QED) is 0.660. The van der Waals surface area contributed by atoms with Crippen LogP contribution in [0.25, 0.3) is 0 Å². The van der Waals surface area contributed by atoms with Gasteiger partial charge >= 0.3 is 0 Å². The number of hydrogen-bond acceptors (Lipinski definition) is 2. The zero-order valence-electron chi connectivity index (χ0n) is 9.28. The molecule has 1 aromatic rings. The van der Waals surface area contributed by atoms with Gasteiger partial charge in [0.05, 0.1) is 0 Å². The van der Waals surface area contributed by atoms with Crippen molar-refractivity contribution in [1.29, 1.82) is 0 Å². The van der Waals surface area contributed by atoms with E-state index >= 15 is 0 Å². The molecule has 0 radical (unpaired) electrons. The molecule has 1 aliphatic rings. The van der Waals surface area contributed by atoms with Gasteiger partial charge in [0.15, 0.2) is 0 Å². The molecule has 2 rings (SSSR count). The molecule has 1 aromatic heterocycles. The molecular weight excluding hydrogens is 191 g/mol. The van der Waals surface area contributed by atoms with Gasteiger partial charge in [-0.05, 0) is 31.7 Å². The second-order valence-electron chi connectivity index (χ2n) is 4.52. The van der Waals surface area contributed by atoms with Gasteiger partial charge in [-0.2, -0.15) is 4.39 Å². The molecule has 0 bridgehead atoms. The predicted molar refractivity (Wildman–Crippen MR) is 59.4 cm³/mol. The van der Waals surface area contributed by atoms with Crippen LogP contribution in [0.15, 0.2) is 18.3 Å².